The lowest BCUT2D eigenvalue weighted by Gasteiger charge is -2.24. The maximum absolute atomic E-state index is 12.8. The zero-order valence-electron chi connectivity index (χ0n) is 15.2. The number of aryl methyl sites for hydroxylation is 2. The van der Waals surface area contributed by atoms with E-state index in [-0.39, 0.29) is 23.6 Å². The number of nitrogens with one attached hydrogen (secondary N) is 1. The van der Waals surface area contributed by atoms with Gasteiger partial charge in [-0.2, -0.15) is 21.8 Å². The number of aromatic nitrogens is 4. The van der Waals surface area contributed by atoms with Crippen molar-refractivity contribution in [2.45, 2.75) is 37.6 Å². The summed E-state index contributed by atoms with van der Waals surface area (Å²) in [4.78, 5) is 8.15. The van der Waals surface area contributed by atoms with Gasteiger partial charge in [-0.1, -0.05) is 12.1 Å². The number of nitrogens with zero attached hydrogens (tertiary/aromatic N) is 4. The van der Waals surface area contributed by atoms with Crippen molar-refractivity contribution in [2.24, 2.45) is 0 Å². The molecule has 4 rings (SSSR count). The van der Waals surface area contributed by atoms with Gasteiger partial charge in [-0.3, -0.25) is 4.72 Å². The molecule has 1 aliphatic rings. The highest BCUT2D eigenvalue weighted by atomic mass is 32.2. The molecule has 0 saturated carbocycles. The Balaban J connectivity index is 1.76. The number of para-hydroxylation sites is 1. The van der Waals surface area contributed by atoms with Gasteiger partial charge >= 0.3 is 10.1 Å². The van der Waals surface area contributed by atoms with Crippen LogP contribution in [0.4, 0.5) is 5.69 Å². The van der Waals surface area contributed by atoms with E-state index in [1.165, 1.54) is 17.5 Å². The maximum Gasteiger partial charge on any atom is 0.312 e. The first kappa shape index (κ1) is 18.6. The quantitative estimate of drug-likeness (QED) is 0.621. The van der Waals surface area contributed by atoms with Gasteiger partial charge in [0.1, 0.15) is 0 Å². The topological polar surface area (TPSA) is 133 Å². The average Bonchev–Trinajstić information content (AvgIpc) is 3.01. The van der Waals surface area contributed by atoms with Crippen LogP contribution in [0, 0.1) is 13.8 Å². The zero-order chi connectivity index (χ0) is 20.3. The number of hydrogen-bond donors (Lipinski definition) is 1. The third-order valence-electron chi connectivity index (χ3n) is 4.38. The second-order valence-corrected chi connectivity index (χ2v) is 10.2. The van der Waals surface area contributed by atoms with Crippen molar-refractivity contribution in [3.63, 3.8) is 0 Å². The van der Waals surface area contributed by atoms with Crippen molar-refractivity contribution in [2.75, 3.05) is 4.72 Å². The van der Waals surface area contributed by atoms with Gasteiger partial charge in [-0.25, -0.2) is 9.50 Å². The number of anilines is 1. The minimum atomic E-state index is -4.20. The molecule has 0 saturated heterocycles. The second-order valence-electron chi connectivity index (χ2n) is 6.64. The largest absolute Gasteiger partial charge is 0.380 e. The number of rotatable bonds is 3. The van der Waals surface area contributed by atoms with Gasteiger partial charge in [-0.05, 0) is 44.9 Å². The molecule has 1 unspecified atom stereocenters. The molecule has 3 aromatic rings. The van der Waals surface area contributed by atoms with Crippen LogP contribution < -0.4 is 8.91 Å². The fraction of sp³-hybridized carbons (Fsp3) is 0.312. The fourth-order valence-corrected chi connectivity index (χ4v) is 4.90. The molecule has 1 atom stereocenters. The van der Waals surface area contributed by atoms with Crippen molar-refractivity contribution in [3.8, 4) is 5.75 Å². The molecule has 0 radical (unpaired) electrons. The van der Waals surface area contributed by atoms with Crippen molar-refractivity contribution in [1.29, 1.82) is 0 Å². The Kier molecular flexibility index (Phi) is 4.08. The van der Waals surface area contributed by atoms with E-state index in [0.29, 0.717) is 17.0 Å². The highest BCUT2D eigenvalue weighted by Gasteiger charge is 2.33. The van der Waals surface area contributed by atoms with Crippen LogP contribution in [0.5, 0.6) is 5.75 Å². The molecule has 3 heterocycles. The molecule has 1 N–H and O–H groups in total. The van der Waals surface area contributed by atoms with Crippen LogP contribution in [0.3, 0.4) is 0 Å². The molecule has 2 aromatic heterocycles. The van der Waals surface area contributed by atoms with Crippen LogP contribution in [0.2, 0.25) is 0 Å². The van der Waals surface area contributed by atoms with Crippen LogP contribution in [0.25, 0.3) is 5.78 Å². The Morgan fingerprint density at radius 3 is 2.75 bits per heavy atom. The Hall–Kier alpha value is -2.73. The standard InChI is InChI=1S/C16H17N5O5S2/c1-9-7-10(2)21-15(17-9)18-16(19-21)27(22,23)20-13-6-4-5-12-8-11(3)28(24,25)26-14(12)13/h4-7,11,20H,8H2,1-3H3. The van der Waals surface area contributed by atoms with Crippen molar-refractivity contribution in [3.05, 3.63) is 41.2 Å². The molecule has 0 bridgehead atoms. The molecule has 1 aliphatic heterocycles. The van der Waals surface area contributed by atoms with Crippen LogP contribution in [-0.4, -0.2) is 41.7 Å². The zero-order valence-corrected chi connectivity index (χ0v) is 16.9. The van der Waals surface area contributed by atoms with E-state index >= 15 is 0 Å². The van der Waals surface area contributed by atoms with Gasteiger partial charge in [-0.15, -0.1) is 5.10 Å². The normalized spacial score (nSPS) is 18.5. The lowest BCUT2D eigenvalue weighted by atomic mass is 10.1. The fourth-order valence-electron chi connectivity index (χ4n) is 2.99. The number of fused-ring (bicyclic) bond motifs is 2. The highest BCUT2D eigenvalue weighted by Crippen LogP contribution is 2.37. The van der Waals surface area contributed by atoms with E-state index in [1.807, 2.05) is 0 Å². The van der Waals surface area contributed by atoms with Crippen molar-refractivity contribution < 1.29 is 21.0 Å². The third kappa shape index (κ3) is 3.07. The summed E-state index contributed by atoms with van der Waals surface area (Å²) in [6.07, 6.45) is 0.224. The maximum atomic E-state index is 12.8. The van der Waals surface area contributed by atoms with E-state index in [9.17, 15) is 16.8 Å². The molecule has 12 heteroatoms. The summed E-state index contributed by atoms with van der Waals surface area (Å²) >= 11 is 0. The summed E-state index contributed by atoms with van der Waals surface area (Å²) in [5.41, 5.74) is 1.96. The van der Waals surface area contributed by atoms with Gasteiger partial charge in [0.25, 0.3) is 21.0 Å². The minimum absolute atomic E-state index is 0.00712. The monoisotopic (exact) mass is 423 g/mol. The molecule has 28 heavy (non-hydrogen) atoms. The third-order valence-corrected chi connectivity index (χ3v) is 7.07. The van der Waals surface area contributed by atoms with Crippen LogP contribution in [0.1, 0.15) is 23.9 Å². The lowest BCUT2D eigenvalue weighted by molar-refractivity contribution is 0.457. The Bertz CT molecular complexity index is 1310. The Labute approximate surface area is 161 Å². The predicted molar refractivity (Wildman–Crippen MR) is 100 cm³/mol. The lowest BCUT2D eigenvalue weighted by Crippen LogP contribution is -2.30. The summed E-state index contributed by atoms with van der Waals surface area (Å²) in [6.45, 7) is 5.06. The van der Waals surface area contributed by atoms with Gasteiger partial charge < -0.3 is 4.18 Å². The van der Waals surface area contributed by atoms with Crippen molar-refractivity contribution >= 4 is 31.6 Å². The van der Waals surface area contributed by atoms with Crippen LogP contribution >= 0.6 is 0 Å². The predicted octanol–water partition coefficient (Wildman–Crippen LogP) is 1.20. The van der Waals surface area contributed by atoms with E-state index < -0.39 is 30.5 Å². The number of sulfonamides is 1. The van der Waals surface area contributed by atoms with E-state index in [2.05, 4.69) is 19.8 Å². The Morgan fingerprint density at radius 1 is 1.25 bits per heavy atom. The number of hydrogen-bond acceptors (Lipinski definition) is 8. The second kappa shape index (κ2) is 6.14. The van der Waals surface area contributed by atoms with E-state index in [4.69, 9.17) is 4.18 Å². The van der Waals surface area contributed by atoms with Crippen LogP contribution in [-0.2, 0) is 26.6 Å². The first-order chi connectivity index (χ1) is 13.1. The molecule has 0 amide bonds. The van der Waals surface area contributed by atoms with Gasteiger partial charge in [0, 0.05) is 11.4 Å². The van der Waals surface area contributed by atoms with Gasteiger partial charge in [0.15, 0.2) is 5.75 Å². The molecule has 0 aliphatic carbocycles. The molecular weight excluding hydrogens is 406 g/mol. The first-order valence-electron chi connectivity index (χ1n) is 8.36. The first-order valence-corrected chi connectivity index (χ1v) is 11.3. The van der Waals surface area contributed by atoms with Gasteiger partial charge in [0.05, 0.1) is 10.9 Å². The minimum Gasteiger partial charge on any atom is -0.380 e. The molecule has 1 aromatic carbocycles. The number of benzene rings is 1. The molecule has 0 fully saturated rings. The summed E-state index contributed by atoms with van der Waals surface area (Å²) in [5.74, 6) is 0.124. The molecule has 148 valence electrons. The highest BCUT2D eigenvalue weighted by molar-refractivity contribution is 7.92. The Morgan fingerprint density at radius 2 is 2.00 bits per heavy atom. The molecule has 0 spiro atoms. The SMILES string of the molecule is Cc1cc(C)n2nc(S(=O)(=O)Nc3cccc4c3OS(=O)(=O)C(C)C4)nc2n1. The van der Waals surface area contributed by atoms with Crippen molar-refractivity contribution in [1.82, 2.24) is 19.6 Å². The summed E-state index contributed by atoms with van der Waals surface area (Å²) in [5, 5.41) is 2.82. The average molecular weight is 423 g/mol. The summed E-state index contributed by atoms with van der Waals surface area (Å²) in [7, 11) is -8.03. The van der Waals surface area contributed by atoms with E-state index in [1.54, 1.807) is 32.0 Å². The molecular formula is C16H17N5O5S2. The summed E-state index contributed by atoms with van der Waals surface area (Å²) in [6, 6.07) is 6.48. The smallest absolute Gasteiger partial charge is 0.312 e. The van der Waals surface area contributed by atoms with Crippen LogP contribution in [0.15, 0.2) is 29.4 Å². The van der Waals surface area contributed by atoms with E-state index in [0.717, 1.165) is 0 Å². The molecule has 10 nitrogen and oxygen atoms in total. The van der Waals surface area contributed by atoms with Gasteiger partial charge in [0.2, 0.25) is 0 Å². The summed E-state index contributed by atoms with van der Waals surface area (Å²) < 4.78 is 58.5.